The minimum Gasteiger partial charge on any atom is -0.352 e. The Labute approximate surface area is 148 Å². The first-order valence-electron chi connectivity index (χ1n) is 8.48. The number of amides is 1. The predicted octanol–water partition coefficient (Wildman–Crippen LogP) is 3.41. The number of rotatable bonds is 6. The normalized spacial score (nSPS) is 10.6. The van der Waals surface area contributed by atoms with Crippen LogP contribution in [0.2, 0.25) is 0 Å². The molecule has 0 saturated heterocycles. The summed E-state index contributed by atoms with van der Waals surface area (Å²) in [6.45, 7) is 5.36. The number of aryl methyl sites for hydroxylation is 2. The van der Waals surface area contributed by atoms with Gasteiger partial charge in [-0.05, 0) is 36.1 Å². The second-order valence-electron chi connectivity index (χ2n) is 6.30. The van der Waals surface area contributed by atoms with Crippen LogP contribution in [0, 0.1) is 13.8 Å². The molecule has 0 bridgehead atoms. The maximum atomic E-state index is 12.2. The fourth-order valence-corrected chi connectivity index (χ4v) is 2.85. The molecule has 4 heteroatoms. The van der Waals surface area contributed by atoms with Gasteiger partial charge in [0.1, 0.15) is 5.82 Å². The molecule has 128 valence electrons. The van der Waals surface area contributed by atoms with E-state index in [9.17, 15) is 4.79 Å². The third-order valence-electron chi connectivity index (χ3n) is 4.37. The minimum absolute atomic E-state index is 0.0464. The van der Waals surface area contributed by atoms with Gasteiger partial charge in [-0.3, -0.25) is 4.79 Å². The summed E-state index contributed by atoms with van der Waals surface area (Å²) < 4.78 is 2.11. The molecule has 4 nitrogen and oxygen atoms in total. The van der Waals surface area contributed by atoms with Gasteiger partial charge in [-0.15, -0.1) is 0 Å². The van der Waals surface area contributed by atoms with E-state index in [1.165, 1.54) is 5.56 Å². The molecule has 1 amide bonds. The number of nitrogens with one attached hydrogen (secondary N) is 1. The van der Waals surface area contributed by atoms with E-state index in [4.69, 9.17) is 0 Å². The summed E-state index contributed by atoms with van der Waals surface area (Å²) in [7, 11) is 0. The zero-order valence-electron chi connectivity index (χ0n) is 14.7. The van der Waals surface area contributed by atoms with Crippen LogP contribution in [-0.4, -0.2) is 15.5 Å². The van der Waals surface area contributed by atoms with Crippen molar-refractivity contribution < 1.29 is 4.79 Å². The van der Waals surface area contributed by atoms with Crippen molar-refractivity contribution in [1.29, 1.82) is 0 Å². The van der Waals surface area contributed by atoms with Gasteiger partial charge in [0.15, 0.2) is 0 Å². The smallest absolute Gasteiger partial charge is 0.224 e. The Morgan fingerprint density at radius 1 is 1.08 bits per heavy atom. The van der Waals surface area contributed by atoms with Crippen molar-refractivity contribution in [3.8, 4) is 0 Å². The molecule has 1 aromatic heterocycles. The van der Waals surface area contributed by atoms with Gasteiger partial charge in [0.05, 0.1) is 6.42 Å². The molecule has 0 unspecified atom stereocenters. The molecule has 0 saturated carbocycles. The van der Waals surface area contributed by atoms with E-state index in [0.29, 0.717) is 13.0 Å². The van der Waals surface area contributed by atoms with E-state index >= 15 is 0 Å². The third-order valence-corrected chi connectivity index (χ3v) is 4.37. The summed E-state index contributed by atoms with van der Waals surface area (Å²) in [6, 6.07) is 16.3. The lowest BCUT2D eigenvalue weighted by atomic mass is 10.1. The topological polar surface area (TPSA) is 46.9 Å². The number of imidazole rings is 1. The van der Waals surface area contributed by atoms with Gasteiger partial charge in [-0.1, -0.05) is 48.5 Å². The number of carbonyl (C=O) groups is 1. The molecule has 2 aromatic carbocycles. The number of benzene rings is 2. The monoisotopic (exact) mass is 333 g/mol. The van der Waals surface area contributed by atoms with Gasteiger partial charge in [0.2, 0.25) is 5.91 Å². The molecule has 3 rings (SSSR count). The van der Waals surface area contributed by atoms with Gasteiger partial charge in [-0.2, -0.15) is 0 Å². The average Bonchev–Trinajstić information content (AvgIpc) is 3.00. The molecular formula is C21H23N3O. The molecule has 1 N–H and O–H groups in total. The van der Waals surface area contributed by atoms with Crippen molar-refractivity contribution >= 4 is 5.91 Å². The van der Waals surface area contributed by atoms with Crippen molar-refractivity contribution in [2.45, 2.75) is 33.4 Å². The molecule has 1 heterocycles. The van der Waals surface area contributed by atoms with Crippen LogP contribution in [0.3, 0.4) is 0 Å². The first-order valence-corrected chi connectivity index (χ1v) is 8.48. The SMILES string of the molecule is Cc1ccccc1CC(=O)NCc1cccc(Cn2ccnc2C)c1. The Kier molecular flexibility index (Phi) is 5.29. The first-order chi connectivity index (χ1) is 12.1. The second kappa shape index (κ2) is 7.79. The Morgan fingerprint density at radius 2 is 1.88 bits per heavy atom. The van der Waals surface area contributed by atoms with E-state index in [0.717, 1.165) is 29.1 Å². The summed E-state index contributed by atoms with van der Waals surface area (Å²) in [5.41, 5.74) is 4.53. The first kappa shape index (κ1) is 17.0. The lowest BCUT2D eigenvalue weighted by molar-refractivity contribution is -0.120. The molecule has 0 radical (unpaired) electrons. The highest BCUT2D eigenvalue weighted by Gasteiger charge is 2.06. The van der Waals surface area contributed by atoms with Crippen LogP contribution in [0.4, 0.5) is 0 Å². The van der Waals surface area contributed by atoms with Crippen LogP contribution in [0.15, 0.2) is 60.9 Å². The molecule has 0 aliphatic heterocycles. The quantitative estimate of drug-likeness (QED) is 0.751. The van der Waals surface area contributed by atoms with Crippen molar-refractivity contribution in [2.75, 3.05) is 0 Å². The van der Waals surface area contributed by atoms with Crippen LogP contribution in [0.25, 0.3) is 0 Å². The van der Waals surface area contributed by atoms with Gasteiger partial charge in [0.25, 0.3) is 0 Å². The number of hydrogen-bond acceptors (Lipinski definition) is 2. The van der Waals surface area contributed by atoms with Crippen LogP contribution in [0.1, 0.15) is 28.1 Å². The Balaban J connectivity index is 1.58. The van der Waals surface area contributed by atoms with Crippen LogP contribution >= 0.6 is 0 Å². The van der Waals surface area contributed by atoms with Gasteiger partial charge in [-0.25, -0.2) is 4.98 Å². The third kappa shape index (κ3) is 4.57. The number of aromatic nitrogens is 2. The molecule has 0 aliphatic rings. The number of carbonyl (C=O) groups excluding carboxylic acids is 1. The Bertz CT molecular complexity index is 867. The summed E-state index contributed by atoms with van der Waals surface area (Å²) >= 11 is 0. The van der Waals surface area contributed by atoms with Gasteiger partial charge in [0, 0.05) is 25.5 Å². The van der Waals surface area contributed by atoms with Crippen LogP contribution in [0.5, 0.6) is 0 Å². The molecule has 0 fully saturated rings. The summed E-state index contributed by atoms with van der Waals surface area (Å²) in [5, 5.41) is 3.01. The summed E-state index contributed by atoms with van der Waals surface area (Å²) in [4.78, 5) is 16.4. The fraction of sp³-hybridized carbons (Fsp3) is 0.238. The Hall–Kier alpha value is -2.88. The zero-order valence-corrected chi connectivity index (χ0v) is 14.7. The molecule has 0 aliphatic carbocycles. The van der Waals surface area contributed by atoms with Crippen molar-refractivity contribution in [1.82, 2.24) is 14.9 Å². The summed E-state index contributed by atoms with van der Waals surface area (Å²) in [6.07, 6.45) is 4.21. The fourth-order valence-electron chi connectivity index (χ4n) is 2.85. The standard InChI is InChI=1S/C21H23N3O/c1-16-6-3-4-9-20(16)13-21(25)23-14-18-7-5-8-19(12-18)15-24-11-10-22-17(24)2/h3-12H,13-15H2,1-2H3,(H,23,25). The van der Waals surface area contributed by atoms with Crippen molar-refractivity contribution in [3.05, 3.63) is 89.0 Å². The van der Waals surface area contributed by atoms with Crippen LogP contribution in [-0.2, 0) is 24.3 Å². The highest BCUT2D eigenvalue weighted by molar-refractivity contribution is 5.78. The molecule has 3 aromatic rings. The molecule has 25 heavy (non-hydrogen) atoms. The highest BCUT2D eigenvalue weighted by Crippen LogP contribution is 2.10. The number of nitrogens with zero attached hydrogens (tertiary/aromatic N) is 2. The van der Waals surface area contributed by atoms with Crippen LogP contribution < -0.4 is 5.32 Å². The zero-order chi connectivity index (χ0) is 17.6. The average molecular weight is 333 g/mol. The van der Waals surface area contributed by atoms with E-state index in [-0.39, 0.29) is 5.91 Å². The van der Waals surface area contributed by atoms with E-state index < -0.39 is 0 Å². The summed E-state index contributed by atoms with van der Waals surface area (Å²) in [5.74, 6) is 1.04. The second-order valence-corrected chi connectivity index (χ2v) is 6.30. The number of hydrogen-bond donors (Lipinski definition) is 1. The van der Waals surface area contributed by atoms with Crippen molar-refractivity contribution in [2.24, 2.45) is 0 Å². The van der Waals surface area contributed by atoms with Gasteiger partial charge < -0.3 is 9.88 Å². The molecule has 0 atom stereocenters. The largest absolute Gasteiger partial charge is 0.352 e. The molecule has 0 spiro atoms. The lowest BCUT2D eigenvalue weighted by Gasteiger charge is -2.10. The van der Waals surface area contributed by atoms with Crippen molar-refractivity contribution in [3.63, 3.8) is 0 Å². The Morgan fingerprint density at radius 3 is 2.64 bits per heavy atom. The van der Waals surface area contributed by atoms with Gasteiger partial charge >= 0.3 is 0 Å². The minimum atomic E-state index is 0.0464. The highest BCUT2D eigenvalue weighted by atomic mass is 16.1. The molecular weight excluding hydrogens is 310 g/mol. The lowest BCUT2D eigenvalue weighted by Crippen LogP contribution is -2.24. The maximum Gasteiger partial charge on any atom is 0.224 e. The van der Waals surface area contributed by atoms with E-state index in [2.05, 4.69) is 27.0 Å². The van der Waals surface area contributed by atoms with E-state index in [1.54, 1.807) is 0 Å². The predicted molar refractivity (Wildman–Crippen MR) is 99.2 cm³/mol. The maximum absolute atomic E-state index is 12.2. The van der Waals surface area contributed by atoms with E-state index in [1.807, 2.05) is 62.6 Å².